The van der Waals surface area contributed by atoms with Crippen LogP contribution in [0.25, 0.3) is 0 Å². The number of nitrogens with zero attached hydrogens (tertiary/aromatic N) is 1. The minimum absolute atomic E-state index is 0.0770. The average Bonchev–Trinajstić information content (AvgIpc) is 3.21. The van der Waals surface area contributed by atoms with E-state index < -0.39 is 78.2 Å². The van der Waals surface area contributed by atoms with Crippen molar-refractivity contribution < 1.29 is 63.7 Å². The number of hydrogen-bond acceptors (Lipinski definition) is 14. The molecule has 292 valence electrons. The van der Waals surface area contributed by atoms with Gasteiger partial charge in [-0.3, -0.25) is 10.1 Å². The molecule has 15 heteroatoms. The van der Waals surface area contributed by atoms with E-state index in [1.807, 2.05) is 36.4 Å². The third-order valence-corrected chi connectivity index (χ3v) is 9.55. The number of esters is 1. The molecule has 1 unspecified atom stereocenters. The van der Waals surface area contributed by atoms with Crippen molar-refractivity contribution in [2.24, 2.45) is 0 Å². The van der Waals surface area contributed by atoms with Gasteiger partial charge in [-0.1, -0.05) is 91.0 Å². The molecule has 6 rings (SSSR count). The number of aliphatic hydroxyl groups is 5. The van der Waals surface area contributed by atoms with E-state index in [1.165, 1.54) is 0 Å². The summed E-state index contributed by atoms with van der Waals surface area (Å²) >= 11 is 0. The smallest absolute Gasteiger partial charge is 0.340 e. The van der Waals surface area contributed by atoms with E-state index in [4.69, 9.17) is 28.4 Å². The lowest BCUT2D eigenvalue weighted by Gasteiger charge is -2.55. The van der Waals surface area contributed by atoms with E-state index in [0.717, 1.165) is 29.8 Å². The summed E-state index contributed by atoms with van der Waals surface area (Å²) in [4.78, 5) is 24.9. The zero-order valence-corrected chi connectivity index (χ0v) is 29.6. The molecule has 4 aromatic carbocycles. The van der Waals surface area contributed by atoms with Gasteiger partial charge in [0.15, 0.2) is 12.2 Å². The highest BCUT2D eigenvalue weighted by atomic mass is 16.8. The lowest BCUT2D eigenvalue weighted by molar-refractivity contribution is -0.412. The van der Waals surface area contributed by atoms with Gasteiger partial charge in [-0.2, -0.15) is 0 Å². The first-order valence-electron chi connectivity index (χ1n) is 17.7. The average molecular weight is 762 g/mol. The van der Waals surface area contributed by atoms with E-state index in [2.05, 4.69) is 0 Å². The van der Waals surface area contributed by atoms with Gasteiger partial charge in [0.2, 0.25) is 0 Å². The summed E-state index contributed by atoms with van der Waals surface area (Å²) in [6.07, 6.45) is -15.2. The van der Waals surface area contributed by atoms with Gasteiger partial charge in [0.25, 0.3) is 11.5 Å². The molecule has 4 aromatic rings. The highest BCUT2D eigenvalue weighted by Crippen LogP contribution is 2.44. The van der Waals surface area contributed by atoms with Crippen LogP contribution in [-0.2, 0) is 48.2 Å². The van der Waals surface area contributed by atoms with Crippen LogP contribution in [0, 0.1) is 10.1 Å². The van der Waals surface area contributed by atoms with Gasteiger partial charge < -0.3 is 54.0 Å². The van der Waals surface area contributed by atoms with Crippen LogP contribution in [0.3, 0.4) is 0 Å². The fraction of sp³-hybridized carbons (Fsp3) is 0.375. The second-order valence-electron chi connectivity index (χ2n) is 13.3. The molecule has 55 heavy (non-hydrogen) atoms. The van der Waals surface area contributed by atoms with Crippen molar-refractivity contribution in [3.8, 4) is 0 Å². The van der Waals surface area contributed by atoms with Gasteiger partial charge >= 0.3 is 5.97 Å². The number of nitro benzene ring substituents is 1. The van der Waals surface area contributed by atoms with Gasteiger partial charge in [0, 0.05) is 12.1 Å². The molecule has 0 spiro atoms. The number of carbonyl (C=O) groups excluding carboxylic acids is 1. The fourth-order valence-electron chi connectivity index (χ4n) is 6.64. The van der Waals surface area contributed by atoms with Crippen molar-refractivity contribution in [2.45, 2.75) is 80.5 Å². The molecule has 15 nitrogen and oxygen atoms in total. The Bertz CT molecular complexity index is 1820. The van der Waals surface area contributed by atoms with Gasteiger partial charge in [0.1, 0.15) is 42.7 Å². The van der Waals surface area contributed by atoms with Crippen LogP contribution in [0.15, 0.2) is 115 Å². The Kier molecular flexibility index (Phi) is 13.3. The van der Waals surface area contributed by atoms with E-state index in [-0.39, 0.29) is 37.7 Å². The number of aliphatic hydroxyl groups excluding tert-OH is 5. The summed E-state index contributed by atoms with van der Waals surface area (Å²) in [7, 11) is 0. The summed E-state index contributed by atoms with van der Waals surface area (Å²) < 4.78 is 37.7. The quantitative estimate of drug-likeness (QED) is 0.0669. The molecule has 2 heterocycles. The monoisotopic (exact) mass is 761 g/mol. The lowest BCUT2D eigenvalue weighted by Crippen LogP contribution is -2.76. The first-order chi connectivity index (χ1) is 26.6. The first-order valence-corrected chi connectivity index (χ1v) is 17.7. The van der Waals surface area contributed by atoms with E-state index >= 15 is 0 Å². The van der Waals surface area contributed by atoms with Gasteiger partial charge in [-0.15, -0.1) is 0 Å². The number of carbonyl (C=O) groups is 1. The molecule has 2 aliphatic rings. The van der Waals surface area contributed by atoms with Gasteiger partial charge in [0.05, 0.1) is 43.5 Å². The van der Waals surface area contributed by atoms with Crippen LogP contribution < -0.4 is 0 Å². The van der Waals surface area contributed by atoms with Crippen molar-refractivity contribution in [3.63, 3.8) is 0 Å². The van der Waals surface area contributed by atoms with Crippen molar-refractivity contribution in [3.05, 3.63) is 148 Å². The number of nitro groups is 1. The van der Waals surface area contributed by atoms with Crippen LogP contribution in [-0.4, -0.2) is 110 Å². The van der Waals surface area contributed by atoms with Crippen molar-refractivity contribution in [1.29, 1.82) is 0 Å². The summed E-state index contributed by atoms with van der Waals surface area (Å²) in [5.74, 6) is -3.74. The Morgan fingerprint density at radius 2 is 1.24 bits per heavy atom. The molecular weight excluding hydrogens is 718 g/mol. The molecule has 0 saturated carbocycles. The van der Waals surface area contributed by atoms with Crippen molar-refractivity contribution >= 4 is 11.7 Å². The van der Waals surface area contributed by atoms with Crippen molar-refractivity contribution in [2.75, 3.05) is 13.2 Å². The van der Waals surface area contributed by atoms with Crippen molar-refractivity contribution in [1.82, 2.24) is 0 Å². The van der Waals surface area contributed by atoms with Crippen LogP contribution in [0.1, 0.15) is 27.0 Å². The zero-order valence-electron chi connectivity index (χ0n) is 29.6. The standard InChI is InChI=1S/C40H43NO14/c42-20-30-32(43)34(45)35(46)37(53-30)40(55-39(47)28-16-18-29(19-17-28)41(48)49)38(52-23-27-14-8-3-9-15-27)36(51-22-26-12-6-2-7-13-26)33(44)31(54-40)24-50-21-25-10-4-1-5-11-25/h1-19,30-38,42-46H,20-24H2/t30-,31-,32+,33-,34+,35-,36+,37-,38-,40?/m1/s1. The van der Waals surface area contributed by atoms with Crippen LogP contribution in [0.4, 0.5) is 5.69 Å². The van der Waals surface area contributed by atoms with Crippen LogP contribution in [0.2, 0.25) is 0 Å². The molecule has 0 amide bonds. The highest BCUT2D eigenvalue weighted by Gasteiger charge is 2.67. The minimum atomic E-state index is -2.62. The maximum Gasteiger partial charge on any atom is 0.340 e. The molecule has 0 aliphatic carbocycles. The Morgan fingerprint density at radius 3 is 1.78 bits per heavy atom. The van der Waals surface area contributed by atoms with Crippen LogP contribution in [0.5, 0.6) is 0 Å². The first kappa shape index (κ1) is 40.0. The third-order valence-electron chi connectivity index (χ3n) is 9.55. The molecule has 2 saturated heterocycles. The highest BCUT2D eigenvalue weighted by molar-refractivity contribution is 5.90. The SMILES string of the molecule is O=C(OC1([C@@H]2O[C@H](CO)[C@H](O)[C@H](O)[C@H]2O)O[C@H](COCc2ccccc2)[C@@H](O)[C@H](OCc2ccccc2)[C@H]1OCc1ccccc1)c1ccc([N+](=O)[O-])cc1. The largest absolute Gasteiger partial charge is 0.423 e. The Morgan fingerprint density at radius 1 is 0.691 bits per heavy atom. The molecule has 10 atom stereocenters. The molecule has 0 radical (unpaired) electrons. The maximum atomic E-state index is 14.2. The van der Waals surface area contributed by atoms with Crippen LogP contribution >= 0.6 is 0 Å². The summed E-state index contributed by atoms with van der Waals surface area (Å²) in [5.41, 5.74) is 1.69. The summed E-state index contributed by atoms with van der Waals surface area (Å²) in [5, 5.41) is 67.1. The van der Waals surface area contributed by atoms with E-state index in [0.29, 0.717) is 11.1 Å². The number of hydrogen-bond donors (Lipinski definition) is 5. The molecule has 0 bridgehead atoms. The second kappa shape index (κ2) is 18.3. The number of rotatable bonds is 15. The maximum absolute atomic E-state index is 14.2. The van der Waals surface area contributed by atoms with Gasteiger partial charge in [-0.25, -0.2) is 4.79 Å². The minimum Gasteiger partial charge on any atom is -0.423 e. The second-order valence-corrected chi connectivity index (χ2v) is 13.3. The summed E-state index contributed by atoms with van der Waals surface area (Å²) in [6, 6.07) is 31.5. The molecular formula is C40H43NO14. The zero-order chi connectivity index (χ0) is 39.0. The van der Waals surface area contributed by atoms with E-state index in [9.17, 15) is 40.4 Å². The number of ether oxygens (including phenoxy) is 6. The van der Waals surface area contributed by atoms with Gasteiger partial charge in [-0.05, 0) is 28.8 Å². The normalized spacial score (nSPS) is 29.4. The molecule has 5 N–H and O–H groups in total. The third kappa shape index (κ3) is 9.25. The summed E-state index contributed by atoms with van der Waals surface area (Å²) in [6.45, 7) is -1.31. The molecule has 0 aromatic heterocycles. The molecule has 2 aliphatic heterocycles. The number of non-ortho nitro benzene ring substituents is 1. The molecule has 2 fully saturated rings. The predicted molar refractivity (Wildman–Crippen MR) is 192 cm³/mol. The Balaban J connectivity index is 1.47. The van der Waals surface area contributed by atoms with E-state index in [1.54, 1.807) is 54.6 Å². The lowest BCUT2D eigenvalue weighted by atomic mass is 9.82. The Hall–Kier alpha value is -4.65. The fourth-order valence-corrected chi connectivity index (χ4v) is 6.64. The Labute approximate surface area is 316 Å². The number of benzene rings is 4. The predicted octanol–water partition coefficient (Wildman–Crippen LogP) is 2.44. The topological polar surface area (TPSA) is 217 Å².